The van der Waals surface area contributed by atoms with Crippen molar-refractivity contribution < 1.29 is 19.4 Å². The van der Waals surface area contributed by atoms with E-state index in [4.69, 9.17) is 14.5 Å². The molecule has 1 spiro atoms. The molecule has 36 heavy (non-hydrogen) atoms. The predicted molar refractivity (Wildman–Crippen MR) is 135 cm³/mol. The molecule has 2 amide bonds. The lowest BCUT2D eigenvalue weighted by Crippen LogP contribution is -2.54. The van der Waals surface area contributed by atoms with Crippen molar-refractivity contribution in [2.75, 3.05) is 51.9 Å². The van der Waals surface area contributed by atoms with Gasteiger partial charge in [-0.2, -0.15) is 10.1 Å². The number of amides is 2. The molecule has 1 aromatic carbocycles. The highest BCUT2D eigenvalue weighted by atomic mass is 16.5. The van der Waals surface area contributed by atoms with Gasteiger partial charge in [-0.05, 0) is 42.7 Å². The first-order chi connectivity index (χ1) is 17.6. The molecule has 0 saturated carbocycles. The highest BCUT2D eigenvalue weighted by molar-refractivity contribution is 5.95. The zero-order valence-electron chi connectivity index (χ0n) is 20.7. The lowest BCUT2D eigenvalue weighted by atomic mass is 9.86. The molecule has 2 saturated heterocycles. The van der Waals surface area contributed by atoms with Crippen molar-refractivity contribution in [3.05, 3.63) is 54.4 Å². The summed E-state index contributed by atoms with van der Waals surface area (Å²) in [5.74, 6) is 1.78. The molecule has 10 nitrogen and oxygen atoms in total. The smallest absolute Gasteiger partial charge is 0.326 e. The predicted octanol–water partition coefficient (Wildman–Crippen LogP) is 2.76. The van der Waals surface area contributed by atoms with Crippen molar-refractivity contribution in [2.24, 2.45) is 0 Å². The van der Waals surface area contributed by atoms with Gasteiger partial charge in [0.25, 0.3) is 0 Å². The molecule has 0 atom stereocenters. The molecule has 2 aliphatic heterocycles. The van der Waals surface area contributed by atoms with Crippen molar-refractivity contribution in [3.8, 4) is 22.8 Å². The van der Waals surface area contributed by atoms with Crippen LogP contribution in [0.2, 0.25) is 0 Å². The number of carbonyl (C=O) groups excluding carboxylic acids is 1. The largest absolute Gasteiger partial charge is 0.497 e. The normalized spacial score (nSPS) is 17.7. The molecule has 190 valence electrons. The number of H-pyrrole nitrogens is 1. The van der Waals surface area contributed by atoms with Gasteiger partial charge < -0.3 is 24.4 Å². The van der Waals surface area contributed by atoms with Gasteiger partial charge in [-0.1, -0.05) is 12.1 Å². The van der Waals surface area contributed by atoms with Crippen molar-refractivity contribution in [1.82, 2.24) is 25.0 Å². The molecule has 5 rings (SSSR count). The number of hydrogen-bond acceptors (Lipinski definition) is 7. The number of nitrogens with one attached hydrogen (secondary N) is 1. The van der Waals surface area contributed by atoms with E-state index in [1.165, 1.54) is 0 Å². The van der Waals surface area contributed by atoms with Crippen LogP contribution in [0.3, 0.4) is 0 Å². The number of aromatic nitrogens is 3. The molecule has 0 unspecified atom stereocenters. The molecule has 2 fully saturated rings. The number of pyridine rings is 1. The van der Waals surface area contributed by atoms with E-state index < -0.39 is 0 Å². The molecule has 10 heteroatoms. The minimum atomic E-state index is -0.329. The van der Waals surface area contributed by atoms with E-state index in [2.05, 4.69) is 15.1 Å². The van der Waals surface area contributed by atoms with E-state index in [1.54, 1.807) is 31.5 Å². The van der Waals surface area contributed by atoms with Crippen LogP contribution in [0.1, 0.15) is 18.4 Å². The second-order valence-electron chi connectivity index (χ2n) is 9.31. The summed E-state index contributed by atoms with van der Waals surface area (Å²) in [4.78, 5) is 24.7. The van der Waals surface area contributed by atoms with Crippen LogP contribution < -0.4 is 14.4 Å². The van der Waals surface area contributed by atoms with Gasteiger partial charge in [0.1, 0.15) is 11.6 Å². The minimum Gasteiger partial charge on any atom is -0.497 e. The Morgan fingerprint density at radius 1 is 1.14 bits per heavy atom. The number of carbonyl (C=O) groups is 1. The third-order valence-electron chi connectivity index (χ3n) is 7.29. The number of methoxy groups -OCH3 is 2. The van der Waals surface area contributed by atoms with Crippen LogP contribution in [0, 0.1) is 0 Å². The number of rotatable bonds is 8. The van der Waals surface area contributed by atoms with Crippen LogP contribution in [0.4, 0.5) is 10.6 Å². The standard InChI is InChI=1S/C26H32N6O4/c1-35-21-5-3-4-19(14-21)17-32-25(34)31(18-26(32)8-10-30(11-9-26)12-13-33)23-7-6-22(24(29-23)36-2)20-15-27-28-16-20/h3-7,14-16,33H,8-13,17-18H2,1-2H3,(H,27,28). The Balaban J connectivity index is 1.47. The van der Waals surface area contributed by atoms with Crippen LogP contribution in [0.5, 0.6) is 11.6 Å². The molecule has 0 bridgehead atoms. The SMILES string of the molecule is COc1cccc(CN2C(=O)N(c3ccc(-c4cn[nH]c4)c(OC)n3)CC23CCN(CCO)CC3)c1. The van der Waals surface area contributed by atoms with E-state index in [9.17, 15) is 9.90 Å². The third-order valence-corrected chi connectivity index (χ3v) is 7.29. The maximum Gasteiger partial charge on any atom is 0.326 e. The van der Waals surface area contributed by atoms with E-state index in [-0.39, 0.29) is 18.2 Å². The van der Waals surface area contributed by atoms with Gasteiger partial charge in [0, 0.05) is 43.5 Å². The fourth-order valence-corrected chi connectivity index (χ4v) is 5.28. The van der Waals surface area contributed by atoms with Crippen LogP contribution in [0.25, 0.3) is 11.1 Å². The Labute approximate surface area is 210 Å². The van der Waals surface area contributed by atoms with Crippen molar-refractivity contribution in [1.29, 1.82) is 0 Å². The van der Waals surface area contributed by atoms with Gasteiger partial charge >= 0.3 is 6.03 Å². The summed E-state index contributed by atoms with van der Waals surface area (Å²) < 4.78 is 11.0. The van der Waals surface area contributed by atoms with Gasteiger partial charge in [-0.3, -0.25) is 10.00 Å². The summed E-state index contributed by atoms with van der Waals surface area (Å²) in [6.45, 7) is 3.47. The topological polar surface area (TPSA) is 107 Å². The van der Waals surface area contributed by atoms with Crippen molar-refractivity contribution in [2.45, 2.75) is 24.9 Å². The van der Waals surface area contributed by atoms with Crippen LogP contribution in [-0.2, 0) is 6.54 Å². The number of piperidine rings is 1. The molecule has 0 radical (unpaired) electrons. The summed E-state index contributed by atoms with van der Waals surface area (Å²) in [5, 5.41) is 16.2. The van der Waals surface area contributed by atoms with Crippen molar-refractivity contribution in [3.63, 3.8) is 0 Å². The molecular weight excluding hydrogens is 460 g/mol. The number of likely N-dealkylation sites (tertiary alicyclic amines) is 1. The number of ether oxygens (including phenoxy) is 2. The van der Waals surface area contributed by atoms with E-state index in [0.29, 0.717) is 31.3 Å². The molecule has 2 N–H and O–H groups in total. The fraction of sp³-hybridized carbons (Fsp3) is 0.423. The van der Waals surface area contributed by atoms with Crippen LogP contribution >= 0.6 is 0 Å². The lowest BCUT2D eigenvalue weighted by Gasteiger charge is -2.43. The summed E-state index contributed by atoms with van der Waals surface area (Å²) in [6.07, 6.45) is 5.14. The highest BCUT2D eigenvalue weighted by Gasteiger charge is 2.51. The summed E-state index contributed by atoms with van der Waals surface area (Å²) in [7, 11) is 3.22. The van der Waals surface area contributed by atoms with Crippen LogP contribution in [0.15, 0.2) is 48.8 Å². The summed E-state index contributed by atoms with van der Waals surface area (Å²) >= 11 is 0. The van der Waals surface area contributed by atoms with Gasteiger partial charge in [0.05, 0.1) is 39.1 Å². The number of aromatic amines is 1. The molecule has 0 aliphatic carbocycles. The zero-order valence-corrected chi connectivity index (χ0v) is 20.7. The first-order valence-corrected chi connectivity index (χ1v) is 12.2. The van der Waals surface area contributed by atoms with Crippen LogP contribution in [-0.4, -0.2) is 88.7 Å². The second-order valence-corrected chi connectivity index (χ2v) is 9.31. The number of benzene rings is 1. The molecule has 3 aromatic rings. The summed E-state index contributed by atoms with van der Waals surface area (Å²) in [6, 6.07) is 11.6. The Morgan fingerprint density at radius 3 is 2.67 bits per heavy atom. The number of urea groups is 1. The number of nitrogens with zero attached hydrogens (tertiary/aromatic N) is 5. The molecule has 2 aliphatic rings. The quantitative estimate of drug-likeness (QED) is 0.498. The number of aliphatic hydroxyl groups excluding tert-OH is 1. The Hall–Kier alpha value is -3.63. The van der Waals surface area contributed by atoms with Crippen molar-refractivity contribution >= 4 is 11.8 Å². The van der Waals surface area contributed by atoms with Gasteiger partial charge in [0.15, 0.2) is 0 Å². The highest BCUT2D eigenvalue weighted by Crippen LogP contribution is 2.40. The first-order valence-electron chi connectivity index (χ1n) is 12.2. The maximum absolute atomic E-state index is 13.9. The first kappa shape index (κ1) is 24.1. The maximum atomic E-state index is 13.9. The van der Waals surface area contributed by atoms with E-state index in [0.717, 1.165) is 48.4 Å². The minimum absolute atomic E-state index is 0.0703. The van der Waals surface area contributed by atoms with E-state index >= 15 is 0 Å². The van der Waals surface area contributed by atoms with Gasteiger partial charge in [0.2, 0.25) is 5.88 Å². The number of β-amino-alcohol motifs (C(OH)–C–C–N with tert-alkyl or cyclic N) is 1. The number of aliphatic hydroxyl groups is 1. The Bertz CT molecular complexity index is 1190. The van der Waals surface area contributed by atoms with Gasteiger partial charge in [-0.25, -0.2) is 4.79 Å². The Morgan fingerprint density at radius 2 is 1.97 bits per heavy atom. The lowest BCUT2D eigenvalue weighted by molar-refractivity contribution is 0.0640. The molecular formula is C26H32N6O4. The Kier molecular flexibility index (Phi) is 6.80. The summed E-state index contributed by atoms with van der Waals surface area (Å²) in [5.41, 5.74) is 2.36. The average Bonchev–Trinajstić information content (AvgIpc) is 3.54. The number of hydrogen-bond donors (Lipinski definition) is 2. The number of anilines is 1. The fourth-order valence-electron chi connectivity index (χ4n) is 5.28. The molecule has 2 aromatic heterocycles. The monoisotopic (exact) mass is 492 g/mol. The van der Waals surface area contributed by atoms with Gasteiger partial charge in [-0.15, -0.1) is 0 Å². The van der Waals surface area contributed by atoms with E-state index in [1.807, 2.05) is 41.3 Å². The zero-order chi connectivity index (χ0) is 25.1. The average molecular weight is 493 g/mol. The second kappa shape index (κ2) is 10.2. The molecule has 4 heterocycles. The third kappa shape index (κ3) is 4.49.